The number of rotatable bonds is 6. The summed E-state index contributed by atoms with van der Waals surface area (Å²) in [5, 5.41) is 11.1. The summed E-state index contributed by atoms with van der Waals surface area (Å²) >= 11 is 0. The highest BCUT2D eigenvalue weighted by Gasteiger charge is 2.30. The Kier molecular flexibility index (Phi) is 5.86. The molecule has 174 valence electrons. The van der Waals surface area contributed by atoms with Crippen molar-refractivity contribution in [3.8, 4) is 11.3 Å². The van der Waals surface area contributed by atoms with Crippen molar-refractivity contribution in [1.29, 1.82) is 0 Å². The van der Waals surface area contributed by atoms with Crippen LogP contribution in [0.4, 0.5) is 5.69 Å². The molecule has 0 bridgehead atoms. The largest absolute Gasteiger partial charge is 0.302 e. The third-order valence-corrected chi connectivity index (χ3v) is 7.94. The molecule has 2 aromatic heterocycles. The van der Waals surface area contributed by atoms with Crippen LogP contribution in [0.15, 0.2) is 83.9 Å². The number of piperazine rings is 1. The van der Waals surface area contributed by atoms with E-state index in [4.69, 9.17) is 4.98 Å². The predicted molar refractivity (Wildman–Crippen MR) is 128 cm³/mol. The van der Waals surface area contributed by atoms with Crippen LogP contribution in [-0.4, -0.2) is 58.1 Å². The van der Waals surface area contributed by atoms with Crippen LogP contribution in [0.2, 0.25) is 0 Å². The van der Waals surface area contributed by atoms with Crippen molar-refractivity contribution >= 4 is 21.4 Å². The summed E-state index contributed by atoms with van der Waals surface area (Å²) in [6.07, 6.45) is 1.99. The lowest BCUT2D eigenvalue weighted by Gasteiger charge is -2.34. The molecule has 1 fully saturated rings. The fourth-order valence-corrected chi connectivity index (χ4v) is 5.73. The number of imidazole rings is 1. The van der Waals surface area contributed by atoms with Crippen LogP contribution >= 0.6 is 0 Å². The second-order valence-electron chi connectivity index (χ2n) is 8.14. The number of hydrogen-bond acceptors (Lipinski definition) is 6. The normalized spacial score (nSPS) is 15.5. The van der Waals surface area contributed by atoms with E-state index in [1.807, 2.05) is 54.7 Å². The first-order chi connectivity index (χ1) is 16.4. The Hall–Kier alpha value is -3.60. The topological polar surface area (TPSA) is 101 Å². The van der Waals surface area contributed by atoms with Crippen LogP contribution < -0.4 is 0 Å². The van der Waals surface area contributed by atoms with E-state index in [0.717, 1.165) is 28.7 Å². The molecule has 3 heterocycles. The van der Waals surface area contributed by atoms with Gasteiger partial charge in [-0.05, 0) is 18.2 Å². The van der Waals surface area contributed by atoms with Crippen LogP contribution in [0.1, 0.15) is 5.69 Å². The Morgan fingerprint density at radius 3 is 2.38 bits per heavy atom. The van der Waals surface area contributed by atoms with Crippen LogP contribution in [-0.2, 0) is 16.6 Å². The molecule has 0 unspecified atom stereocenters. The second-order valence-corrected chi connectivity index (χ2v) is 10.1. The first-order valence-corrected chi connectivity index (χ1v) is 12.4. The number of nitro benzene ring substituents is 1. The summed E-state index contributed by atoms with van der Waals surface area (Å²) in [4.78, 5) is 17.5. The van der Waals surface area contributed by atoms with E-state index in [9.17, 15) is 18.5 Å². The SMILES string of the molecule is O=[N+]([O-])c1cccc(S(=O)(=O)N2CCN(Cc3c(-c4ccccc4)nc4ccccn34)CC2)c1. The maximum absolute atomic E-state index is 13.1. The molecule has 0 saturated carbocycles. The molecular formula is C24H23N5O4S. The van der Waals surface area contributed by atoms with E-state index in [-0.39, 0.29) is 10.6 Å². The van der Waals surface area contributed by atoms with Gasteiger partial charge in [-0.2, -0.15) is 4.31 Å². The van der Waals surface area contributed by atoms with Crippen molar-refractivity contribution < 1.29 is 13.3 Å². The Morgan fingerprint density at radius 1 is 0.912 bits per heavy atom. The van der Waals surface area contributed by atoms with Crippen LogP contribution in [0, 0.1) is 10.1 Å². The summed E-state index contributed by atoms with van der Waals surface area (Å²) in [6.45, 7) is 2.33. The minimum Gasteiger partial charge on any atom is -0.302 e. The van der Waals surface area contributed by atoms with Gasteiger partial charge >= 0.3 is 0 Å². The highest BCUT2D eigenvalue weighted by Crippen LogP contribution is 2.27. The average molecular weight is 478 g/mol. The average Bonchev–Trinajstić information content (AvgIpc) is 3.23. The molecule has 0 spiro atoms. The van der Waals surface area contributed by atoms with Gasteiger partial charge in [-0.1, -0.05) is 42.5 Å². The lowest BCUT2D eigenvalue weighted by molar-refractivity contribution is -0.385. The van der Waals surface area contributed by atoms with Gasteiger partial charge in [0, 0.05) is 56.6 Å². The molecule has 2 aromatic carbocycles. The summed E-state index contributed by atoms with van der Waals surface area (Å²) in [6, 6.07) is 21.1. The van der Waals surface area contributed by atoms with E-state index >= 15 is 0 Å². The minimum atomic E-state index is -3.80. The van der Waals surface area contributed by atoms with Crippen molar-refractivity contribution in [3.05, 3.63) is 94.8 Å². The third-order valence-electron chi connectivity index (χ3n) is 6.05. The number of nitrogens with zero attached hydrogens (tertiary/aromatic N) is 5. The molecule has 1 aliphatic rings. The maximum atomic E-state index is 13.1. The van der Waals surface area contributed by atoms with E-state index < -0.39 is 14.9 Å². The quantitative estimate of drug-likeness (QED) is 0.312. The molecule has 0 atom stereocenters. The van der Waals surface area contributed by atoms with E-state index in [0.29, 0.717) is 32.7 Å². The van der Waals surface area contributed by atoms with Gasteiger partial charge in [0.1, 0.15) is 5.65 Å². The highest BCUT2D eigenvalue weighted by atomic mass is 32.2. The number of non-ortho nitro benzene ring substituents is 1. The zero-order valence-corrected chi connectivity index (χ0v) is 19.1. The van der Waals surface area contributed by atoms with E-state index in [2.05, 4.69) is 9.30 Å². The van der Waals surface area contributed by atoms with Crippen molar-refractivity contribution in [3.63, 3.8) is 0 Å². The highest BCUT2D eigenvalue weighted by molar-refractivity contribution is 7.89. The number of pyridine rings is 1. The standard InChI is InChI=1S/C24H23N5O4S/c30-29(31)20-9-6-10-21(17-20)34(32,33)27-15-13-26(14-16-27)18-22-24(19-7-2-1-3-8-19)25-23-11-4-5-12-28(22)23/h1-12,17H,13-16,18H2. The van der Waals surface area contributed by atoms with Crippen molar-refractivity contribution in [2.75, 3.05) is 26.2 Å². The molecular weight excluding hydrogens is 454 g/mol. The molecule has 0 radical (unpaired) electrons. The number of hydrogen-bond donors (Lipinski definition) is 0. The fourth-order valence-electron chi connectivity index (χ4n) is 4.27. The molecule has 10 heteroatoms. The molecule has 1 aliphatic heterocycles. The Balaban J connectivity index is 1.36. The first-order valence-electron chi connectivity index (χ1n) is 10.9. The number of fused-ring (bicyclic) bond motifs is 1. The third kappa shape index (κ3) is 4.18. The Morgan fingerprint density at radius 2 is 1.65 bits per heavy atom. The number of sulfonamides is 1. The second kappa shape index (κ2) is 8.98. The van der Waals surface area contributed by atoms with Gasteiger partial charge in [-0.3, -0.25) is 15.0 Å². The summed E-state index contributed by atoms with van der Waals surface area (Å²) in [5.74, 6) is 0. The molecule has 1 saturated heterocycles. The lowest BCUT2D eigenvalue weighted by Crippen LogP contribution is -2.48. The molecule has 34 heavy (non-hydrogen) atoms. The Bertz CT molecular complexity index is 1440. The van der Waals surface area contributed by atoms with Crippen LogP contribution in [0.25, 0.3) is 16.9 Å². The molecule has 0 N–H and O–H groups in total. The number of aromatic nitrogens is 2. The van der Waals surface area contributed by atoms with Crippen LogP contribution in [0.5, 0.6) is 0 Å². The lowest BCUT2D eigenvalue weighted by atomic mass is 10.1. The van der Waals surface area contributed by atoms with Gasteiger partial charge in [-0.25, -0.2) is 13.4 Å². The zero-order valence-electron chi connectivity index (χ0n) is 18.3. The molecule has 9 nitrogen and oxygen atoms in total. The number of nitro groups is 1. The predicted octanol–water partition coefficient (Wildman–Crippen LogP) is 3.42. The van der Waals surface area contributed by atoms with Gasteiger partial charge in [0.05, 0.1) is 21.2 Å². The van der Waals surface area contributed by atoms with Gasteiger partial charge in [0.25, 0.3) is 5.69 Å². The van der Waals surface area contributed by atoms with Gasteiger partial charge < -0.3 is 4.40 Å². The maximum Gasteiger partial charge on any atom is 0.270 e. The van der Waals surface area contributed by atoms with Crippen molar-refractivity contribution in [1.82, 2.24) is 18.6 Å². The minimum absolute atomic E-state index is 0.0525. The number of benzene rings is 2. The molecule has 5 rings (SSSR count). The fraction of sp³-hybridized carbons (Fsp3) is 0.208. The summed E-state index contributed by atoms with van der Waals surface area (Å²) in [5.41, 5.74) is 3.63. The zero-order chi connectivity index (χ0) is 23.7. The molecule has 4 aromatic rings. The smallest absolute Gasteiger partial charge is 0.270 e. The van der Waals surface area contributed by atoms with Gasteiger partial charge in [-0.15, -0.1) is 0 Å². The summed E-state index contributed by atoms with van der Waals surface area (Å²) < 4.78 is 29.6. The first kappa shape index (κ1) is 22.2. The molecule has 0 aliphatic carbocycles. The van der Waals surface area contributed by atoms with Crippen LogP contribution in [0.3, 0.4) is 0 Å². The monoisotopic (exact) mass is 477 g/mol. The summed E-state index contributed by atoms with van der Waals surface area (Å²) in [7, 11) is -3.80. The van der Waals surface area contributed by atoms with Gasteiger partial charge in [0.2, 0.25) is 10.0 Å². The van der Waals surface area contributed by atoms with E-state index in [1.54, 1.807) is 0 Å². The van der Waals surface area contributed by atoms with Crippen molar-refractivity contribution in [2.45, 2.75) is 11.4 Å². The Labute approximate surface area is 197 Å². The van der Waals surface area contributed by atoms with E-state index in [1.165, 1.54) is 22.5 Å². The van der Waals surface area contributed by atoms with Gasteiger partial charge in [0.15, 0.2) is 0 Å². The van der Waals surface area contributed by atoms with Crippen molar-refractivity contribution in [2.24, 2.45) is 0 Å². The molecule has 0 amide bonds.